The largest absolute Gasteiger partial charge is 0.128 e. The van der Waals surface area contributed by atoms with Crippen LogP contribution < -0.4 is 0 Å². The molecule has 0 spiro atoms. The number of hydrogen-bond acceptors (Lipinski definition) is 0. The highest BCUT2D eigenvalue weighted by molar-refractivity contribution is 6.51. The van der Waals surface area contributed by atoms with E-state index in [1.807, 2.05) is 18.2 Å². The fourth-order valence-electron chi connectivity index (χ4n) is 1.65. The van der Waals surface area contributed by atoms with E-state index in [-0.39, 0.29) is 0 Å². The zero-order valence-electron chi connectivity index (χ0n) is 6.80. The number of hydrogen-bond donors (Lipinski definition) is 0. The second-order valence-corrected chi connectivity index (χ2v) is 4.80. The van der Waals surface area contributed by atoms with E-state index in [1.54, 1.807) is 0 Å². The van der Waals surface area contributed by atoms with Crippen LogP contribution in [0.5, 0.6) is 0 Å². The maximum Gasteiger partial charge on any atom is 0.128 e. The minimum Gasteiger partial charge on any atom is -0.101 e. The van der Waals surface area contributed by atoms with Crippen LogP contribution in [0.15, 0.2) is 30.3 Å². The van der Waals surface area contributed by atoms with E-state index in [2.05, 4.69) is 19.1 Å². The van der Waals surface area contributed by atoms with Gasteiger partial charge in [0.1, 0.15) is 4.33 Å². The first-order valence-electron chi connectivity index (χ1n) is 4.07. The molecule has 0 aromatic heterocycles. The summed E-state index contributed by atoms with van der Waals surface area (Å²) in [5, 5.41) is 0. The Balaban J connectivity index is 2.25. The quantitative estimate of drug-likeness (QED) is 0.609. The monoisotopic (exact) mass is 200 g/mol. The zero-order valence-corrected chi connectivity index (χ0v) is 8.31. The van der Waals surface area contributed by atoms with Gasteiger partial charge in [0, 0.05) is 5.92 Å². The van der Waals surface area contributed by atoms with Crippen LogP contribution >= 0.6 is 23.2 Å². The molecule has 2 rings (SSSR count). The lowest BCUT2D eigenvalue weighted by Gasteiger charge is -1.98. The second-order valence-electron chi connectivity index (χ2n) is 3.35. The molecule has 1 aromatic rings. The SMILES string of the molecule is C[C@H]1[C@@H](c2ccccc2)C1(Cl)Cl. The minimum atomic E-state index is -0.526. The van der Waals surface area contributed by atoms with E-state index in [0.29, 0.717) is 11.8 Å². The molecule has 0 unspecified atom stereocenters. The third kappa shape index (κ3) is 1.14. The van der Waals surface area contributed by atoms with Gasteiger partial charge in [-0.1, -0.05) is 37.3 Å². The van der Waals surface area contributed by atoms with Crippen molar-refractivity contribution in [3.63, 3.8) is 0 Å². The van der Waals surface area contributed by atoms with Gasteiger partial charge in [-0.3, -0.25) is 0 Å². The van der Waals surface area contributed by atoms with Crippen LogP contribution in [0, 0.1) is 5.92 Å². The first-order valence-corrected chi connectivity index (χ1v) is 4.82. The van der Waals surface area contributed by atoms with Gasteiger partial charge in [-0.05, 0) is 11.5 Å². The van der Waals surface area contributed by atoms with Crippen LogP contribution in [0.25, 0.3) is 0 Å². The van der Waals surface area contributed by atoms with Gasteiger partial charge in [0.15, 0.2) is 0 Å². The summed E-state index contributed by atoms with van der Waals surface area (Å²) >= 11 is 12.1. The molecule has 0 amide bonds. The van der Waals surface area contributed by atoms with E-state index in [9.17, 15) is 0 Å². The molecule has 0 N–H and O–H groups in total. The molecule has 1 fully saturated rings. The van der Waals surface area contributed by atoms with Crippen molar-refractivity contribution in [3.05, 3.63) is 35.9 Å². The summed E-state index contributed by atoms with van der Waals surface area (Å²) in [5.41, 5.74) is 1.25. The molecule has 0 heterocycles. The van der Waals surface area contributed by atoms with Crippen LogP contribution in [-0.2, 0) is 0 Å². The molecule has 1 saturated carbocycles. The molecule has 0 radical (unpaired) electrons. The minimum absolute atomic E-state index is 0.321. The number of alkyl halides is 2. The van der Waals surface area contributed by atoms with Crippen molar-refractivity contribution in [2.24, 2.45) is 5.92 Å². The predicted octanol–water partition coefficient (Wildman–Crippen LogP) is 3.59. The first-order chi connectivity index (χ1) is 5.64. The topological polar surface area (TPSA) is 0 Å². The second kappa shape index (κ2) is 2.65. The standard InChI is InChI=1S/C10H10Cl2/c1-7-9(10(7,11)12)8-5-3-2-4-6-8/h2-7,9H,1H3/t7-,9-/m0/s1. The van der Waals surface area contributed by atoms with Crippen molar-refractivity contribution in [2.45, 2.75) is 17.2 Å². The molecule has 0 nitrogen and oxygen atoms in total. The molecule has 64 valence electrons. The van der Waals surface area contributed by atoms with Gasteiger partial charge in [0.05, 0.1) is 0 Å². The van der Waals surface area contributed by atoms with Crippen LogP contribution in [0.1, 0.15) is 18.4 Å². The van der Waals surface area contributed by atoms with E-state index in [4.69, 9.17) is 23.2 Å². The van der Waals surface area contributed by atoms with Gasteiger partial charge in [0.25, 0.3) is 0 Å². The highest BCUT2D eigenvalue weighted by Crippen LogP contribution is 2.64. The van der Waals surface area contributed by atoms with Gasteiger partial charge in [-0.2, -0.15) is 0 Å². The summed E-state index contributed by atoms with van der Waals surface area (Å²) in [5.74, 6) is 0.699. The maximum atomic E-state index is 6.06. The molecule has 1 aromatic carbocycles. The first kappa shape index (κ1) is 8.40. The number of benzene rings is 1. The highest BCUT2D eigenvalue weighted by atomic mass is 35.5. The Labute approximate surface area is 82.5 Å². The molecule has 0 bridgehead atoms. The molecule has 0 saturated heterocycles. The van der Waals surface area contributed by atoms with Crippen molar-refractivity contribution >= 4 is 23.2 Å². The van der Waals surface area contributed by atoms with Crippen LogP contribution in [0.2, 0.25) is 0 Å². The summed E-state index contributed by atoms with van der Waals surface area (Å²) in [7, 11) is 0. The smallest absolute Gasteiger partial charge is 0.101 e. The maximum absolute atomic E-state index is 6.06. The molecule has 2 heteroatoms. The highest BCUT2D eigenvalue weighted by Gasteiger charge is 2.60. The average Bonchev–Trinajstić information content (AvgIpc) is 2.53. The third-order valence-electron chi connectivity index (χ3n) is 2.57. The number of halogens is 2. The van der Waals surface area contributed by atoms with Gasteiger partial charge in [0.2, 0.25) is 0 Å². The Kier molecular flexibility index (Phi) is 1.85. The van der Waals surface area contributed by atoms with Gasteiger partial charge >= 0.3 is 0 Å². The Morgan fingerprint density at radius 3 is 2.08 bits per heavy atom. The van der Waals surface area contributed by atoms with Gasteiger partial charge in [-0.15, -0.1) is 23.2 Å². The fourth-order valence-corrected chi connectivity index (χ4v) is 2.41. The lowest BCUT2D eigenvalue weighted by Crippen LogP contribution is -1.88. The number of rotatable bonds is 1. The van der Waals surface area contributed by atoms with Crippen LogP contribution in [0.4, 0.5) is 0 Å². The zero-order chi connectivity index (χ0) is 8.77. The van der Waals surface area contributed by atoms with Gasteiger partial charge in [-0.25, -0.2) is 0 Å². The molecule has 0 aliphatic heterocycles. The lowest BCUT2D eigenvalue weighted by atomic mass is 10.1. The van der Waals surface area contributed by atoms with Crippen molar-refractivity contribution in [1.29, 1.82) is 0 Å². The third-order valence-corrected chi connectivity index (χ3v) is 3.73. The summed E-state index contributed by atoms with van der Waals surface area (Å²) in [6, 6.07) is 10.2. The molecular weight excluding hydrogens is 191 g/mol. The molecular formula is C10H10Cl2. The van der Waals surface area contributed by atoms with Crippen molar-refractivity contribution in [2.75, 3.05) is 0 Å². The van der Waals surface area contributed by atoms with E-state index >= 15 is 0 Å². The molecule has 1 aliphatic rings. The molecule has 12 heavy (non-hydrogen) atoms. The Bertz CT molecular complexity index is 279. The molecule has 2 atom stereocenters. The van der Waals surface area contributed by atoms with Crippen LogP contribution in [0.3, 0.4) is 0 Å². The Hall–Kier alpha value is -0.200. The van der Waals surface area contributed by atoms with E-state index < -0.39 is 4.33 Å². The Morgan fingerprint density at radius 2 is 1.67 bits per heavy atom. The summed E-state index contributed by atoms with van der Waals surface area (Å²) in [4.78, 5) is 0. The van der Waals surface area contributed by atoms with Crippen molar-refractivity contribution in [1.82, 2.24) is 0 Å². The normalized spacial score (nSPS) is 31.6. The van der Waals surface area contributed by atoms with E-state index in [0.717, 1.165) is 0 Å². The predicted molar refractivity (Wildman–Crippen MR) is 52.8 cm³/mol. The van der Waals surface area contributed by atoms with Gasteiger partial charge < -0.3 is 0 Å². The van der Waals surface area contributed by atoms with Crippen molar-refractivity contribution < 1.29 is 0 Å². The van der Waals surface area contributed by atoms with E-state index in [1.165, 1.54) is 5.56 Å². The van der Waals surface area contributed by atoms with Crippen LogP contribution in [-0.4, -0.2) is 4.33 Å². The Morgan fingerprint density at radius 1 is 1.17 bits per heavy atom. The van der Waals surface area contributed by atoms with Crippen molar-refractivity contribution in [3.8, 4) is 0 Å². The summed E-state index contributed by atoms with van der Waals surface area (Å²) in [6.45, 7) is 2.08. The molecule has 1 aliphatic carbocycles. The summed E-state index contributed by atoms with van der Waals surface area (Å²) < 4.78 is -0.526. The average molecular weight is 201 g/mol. The lowest BCUT2D eigenvalue weighted by molar-refractivity contribution is 0.911. The fraction of sp³-hybridized carbons (Fsp3) is 0.400. The summed E-state index contributed by atoms with van der Waals surface area (Å²) in [6.07, 6.45) is 0.